The van der Waals surface area contributed by atoms with E-state index in [0.717, 1.165) is 0 Å². The van der Waals surface area contributed by atoms with Gasteiger partial charge in [0, 0.05) is 19.9 Å². The van der Waals surface area contributed by atoms with Gasteiger partial charge in [0.2, 0.25) is 0 Å². The lowest BCUT2D eigenvalue weighted by atomic mass is 10.1. The minimum absolute atomic E-state index is 0.218. The molecule has 78 valence electrons. The average Bonchev–Trinajstić information content (AvgIpc) is 2.17. The summed E-state index contributed by atoms with van der Waals surface area (Å²) in [6, 6.07) is 3.62. The summed E-state index contributed by atoms with van der Waals surface area (Å²) in [6.45, 7) is 4.67. The molecule has 1 heterocycles. The van der Waals surface area contributed by atoms with Gasteiger partial charge in [0.15, 0.2) is 0 Å². The smallest absolute Gasteiger partial charge is 0.149 e. The molecule has 4 nitrogen and oxygen atoms in total. The van der Waals surface area contributed by atoms with Crippen molar-refractivity contribution in [2.75, 3.05) is 24.7 Å². The summed E-state index contributed by atoms with van der Waals surface area (Å²) in [7, 11) is 1.68. The Morgan fingerprint density at radius 1 is 1.57 bits per heavy atom. The molecule has 1 aromatic heterocycles. The molecule has 0 bridgehead atoms. The summed E-state index contributed by atoms with van der Waals surface area (Å²) in [4.78, 5) is 4.12. The minimum Gasteiger partial charge on any atom is -0.396 e. The van der Waals surface area contributed by atoms with E-state index in [1.54, 1.807) is 13.3 Å². The van der Waals surface area contributed by atoms with Gasteiger partial charge in [-0.25, -0.2) is 4.98 Å². The summed E-state index contributed by atoms with van der Waals surface area (Å²) < 4.78 is 5.27. The summed E-state index contributed by atoms with van der Waals surface area (Å²) >= 11 is 0. The molecule has 14 heavy (non-hydrogen) atoms. The summed E-state index contributed by atoms with van der Waals surface area (Å²) in [5, 5.41) is 3.14. The van der Waals surface area contributed by atoms with Crippen molar-refractivity contribution in [3.05, 3.63) is 18.3 Å². The Labute approximate surface area is 84.5 Å². The van der Waals surface area contributed by atoms with Crippen LogP contribution in [0.5, 0.6) is 0 Å². The van der Waals surface area contributed by atoms with Crippen LogP contribution in [-0.4, -0.2) is 24.2 Å². The number of nitrogens with two attached hydrogens (primary N) is 1. The summed E-state index contributed by atoms with van der Waals surface area (Å²) in [5.41, 5.74) is 6.16. The lowest BCUT2D eigenvalue weighted by molar-refractivity contribution is 0.0343. The Balaban J connectivity index is 2.58. The molecule has 0 amide bonds. The molecule has 0 spiro atoms. The molecule has 0 aliphatic carbocycles. The van der Waals surface area contributed by atoms with Crippen LogP contribution < -0.4 is 11.1 Å². The molecule has 1 rings (SSSR count). The number of nitrogens with one attached hydrogen (secondary N) is 1. The molecule has 0 aliphatic rings. The first-order valence-corrected chi connectivity index (χ1v) is 4.55. The standard InChI is InChI=1S/C10H17N3O/c1-10(2,14-3)7-13-9-8(11)5-4-6-12-9/h4-6H,7,11H2,1-3H3,(H,12,13). The molecule has 0 unspecified atom stereocenters. The van der Waals surface area contributed by atoms with Gasteiger partial charge in [0.1, 0.15) is 5.82 Å². The fourth-order valence-corrected chi connectivity index (χ4v) is 0.934. The SMILES string of the molecule is COC(C)(C)CNc1ncccc1N. The van der Waals surface area contributed by atoms with Gasteiger partial charge in [0.05, 0.1) is 11.3 Å². The van der Waals surface area contributed by atoms with Gasteiger partial charge in [-0.1, -0.05) is 0 Å². The zero-order chi connectivity index (χ0) is 10.6. The van der Waals surface area contributed by atoms with Crippen LogP contribution in [0.15, 0.2) is 18.3 Å². The predicted octanol–water partition coefficient (Wildman–Crippen LogP) is 1.50. The quantitative estimate of drug-likeness (QED) is 0.764. The monoisotopic (exact) mass is 195 g/mol. The highest BCUT2D eigenvalue weighted by Crippen LogP contribution is 2.15. The summed E-state index contributed by atoms with van der Waals surface area (Å²) in [5.74, 6) is 0.706. The molecule has 4 heteroatoms. The van der Waals surface area contributed by atoms with E-state index < -0.39 is 0 Å². The maximum Gasteiger partial charge on any atom is 0.149 e. The van der Waals surface area contributed by atoms with E-state index in [1.807, 2.05) is 26.0 Å². The van der Waals surface area contributed by atoms with Gasteiger partial charge in [-0.3, -0.25) is 0 Å². The molecular weight excluding hydrogens is 178 g/mol. The number of hydrogen-bond donors (Lipinski definition) is 2. The topological polar surface area (TPSA) is 60.2 Å². The molecule has 0 radical (unpaired) electrons. The van der Waals surface area contributed by atoms with Crippen molar-refractivity contribution in [2.45, 2.75) is 19.4 Å². The number of nitrogen functional groups attached to an aromatic ring is 1. The highest BCUT2D eigenvalue weighted by atomic mass is 16.5. The predicted molar refractivity (Wildman–Crippen MR) is 58.2 cm³/mol. The van der Waals surface area contributed by atoms with E-state index >= 15 is 0 Å². The molecule has 0 aromatic carbocycles. The second-order valence-electron chi connectivity index (χ2n) is 3.76. The molecule has 0 aliphatic heterocycles. The van der Waals surface area contributed by atoms with Crippen LogP contribution in [0.3, 0.4) is 0 Å². The maximum absolute atomic E-state index is 5.73. The number of anilines is 2. The number of aromatic nitrogens is 1. The fourth-order valence-electron chi connectivity index (χ4n) is 0.934. The van der Waals surface area contributed by atoms with Gasteiger partial charge in [0.25, 0.3) is 0 Å². The van der Waals surface area contributed by atoms with E-state index in [-0.39, 0.29) is 5.60 Å². The minimum atomic E-state index is -0.218. The van der Waals surface area contributed by atoms with Crippen molar-refractivity contribution in [3.8, 4) is 0 Å². The number of rotatable bonds is 4. The highest BCUT2D eigenvalue weighted by Gasteiger charge is 2.16. The lowest BCUT2D eigenvalue weighted by Gasteiger charge is -2.23. The van der Waals surface area contributed by atoms with Crippen LogP contribution in [-0.2, 0) is 4.74 Å². The number of nitrogens with zero attached hydrogens (tertiary/aromatic N) is 1. The third-order valence-corrected chi connectivity index (χ3v) is 2.07. The van der Waals surface area contributed by atoms with Crippen LogP contribution in [0, 0.1) is 0 Å². The van der Waals surface area contributed by atoms with Crippen molar-refractivity contribution < 1.29 is 4.74 Å². The van der Waals surface area contributed by atoms with Crippen molar-refractivity contribution in [3.63, 3.8) is 0 Å². The molecule has 0 saturated heterocycles. The van der Waals surface area contributed by atoms with Gasteiger partial charge >= 0.3 is 0 Å². The Morgan fingerprint density at radius 3 is 2.86 bits per heavy atom. The fraction of sp³-hybridized carbons (Fsp3) is 0.500. The number of pyridine rings is 1. The van der Waals surface area contributed by atoms with Crippen molar-refractivity contribution in [2.24, 2.45) is 0 Å². The van der Waals surface area contributed by atoms with Crippen LogP contribution in [0.25, 0.3) is 0 Å². The molecule has 3 N–H and O–H groups in total. The van der Waals surface area contributed by atoms with Crippen LogP contribution >= 0.6 is 0 Å². The molecule has 0 atom stereocenters. The lowest BCUT2D eigenvalue weighted by Crippen LogP contribution is -2.32. The molecule has 1 aromatic rings. The second kappa shape index (κ2) is 4.28. The van der Waals surface area contributed by atoms with E-state index in [1.165, 1.54) is 0 Å². The number of ether oxygens (including phenoxy) is 1. The largest absolute Gasteiger partial charge is 0.396 e. The van der Waals surface area contributed by atoms with Crippen LogP contribution in [0.2, 0.25) is 0 Å². The van der Waals surface area contributed by atoms with Crippen molar-refractivity contribution in [1.82, 2.24) is 4.98 Å². The molecular formula is C10H17N3O. The van der Waals surface area contributed by atoms with Crippen molar-refractivity contribution in [1.29, 1.82) is 0 Å². The zero-order valence-electron chi connectivity index (χ0n) is 8.87. The van der Waals surface area contributed by atoms with Crippen molar-refractivity contribution >= 4 is 11.5 Å². The average molecular weight is 195 g/mol. The van der Waals surface area contributed by atoms with Crippen LogP contribution in [0.4, 0.5) is 11.5 Å². The van der Waals surface area contributed by atoms with Gasteiger partial charge in [-0.2, -0.15) is 0 Å². The maximum atomic E-state index is 5.73. The van der Waals surface area contributed by atoms with E-state index in [2.05, 4.69) is 10.3 Å². The van der Waals surface area contributed by atoms with E-state index in [9.17, 15) is 0 Å². The first-order valence-electron chi connectivity index (χ1n) is 4.55. The summed E-state index contributed by atoms with van der Waals surface area (Å²) in [6.07, 6.45) is 1.71. The first-order chi connectivity index (χ1) is 6.55. The Morgan fingerprint density at radius 2 is 2.29 bits per heavy atom. The van der Waals surface area contributed by atoms with E-state index in [0.29, 0.717) is 18.1 Å². The first kappa shape index (κ1) is 10.8. The van der Waals surface area contributed by atoms with Gasteiger partial charge < -0.3 is 15.8 Å². The third kappa shape index (κ3) is 2.88. The number of hydrogen-bond acceptors (Lipinski definition) is 4. The van der Waals surface area contributed by atoms with Gasteiger partial charge in [-0.15, -0.1) is 0 Å². The Bertz CT molecular complexity index is 299. The highest BCUT2D eigenvalue weighted by molar-refractivity contribution is 5.60. The Kier molecular flexibility index (Phi) is 3.30. The second-order valence-corrected chi connectivity index (χ2v) is 3.76. The third-order valence-electron chi connectivity index (χ3n) is 2.07. The number of methoxy groups -OCH3 is 1. The molecule has 0 saturated carbocycles. The van der Waals surface area contributed by atoms with Gasteiger partial charge in [-0.05, 0) is 26.0 Å². The van der Waals surface area contributed by atoms with E-state index in [4.69, 9.17) is 10.5 Å². The normalized spacial score (nSPS) is 11.4. The molecule has 0 fully saturated rings. The zero-order valence-corrected chi connectivity index (χ0v) is 8.87. The Hall–Kier alpha value is -1.29. The van der Waals surface area contributed by atoms with Crippen LogP contribution in [0.1, 0.15) is 13.8 Å².